The second-order valence-electron chi connectivity index (χ2n) is 3.60. The first-order valence-electron chi connectivity index (χ1n) is 5.54. The molecule has 0 bridgehead atoms. The van der Waals surface area contributed by atoms with Crippen molar-refractivity contribution in [3.63, 3.8) is 0 Å². The quantitative estimate of drug-likeness (QED) is 0.864. The topological polar surface area (TPSA) is 77.2 Å². The fourth-order valence-electron chi connectivity index (χ4n) is 1.54. The van der Waals surface area contributed by atoms with Crippen molar-refractivity contribution in [2.45, 2.75) is 13.5 Å². The Hall–Kier alpha value is -2.37. The second kappa shape index (κ2) is 5.31. The van der Waals surface area contributed by atoms with Gasteiger partial charge >= 0.3 is 5.97 Å². The highest BCUT2D eigenvalue weighted by Gasteiger charge is 2.11. The molecule has 2 aromatic rings. The van der Waals surface area contributed by atoms with Crippen LogP contribution in [0.3, 0.4) is 0 Å². The molecule has 2 heterocycles. The molecule has 94 valence electrons. The zero-order valence-electron chi connectivity index (χ0n) is 9.91. The number of ether oxygens (including phenoxy) is 1. The van der Waals surface area contributed by atoms with Crippen molar-refractivity contribution in [3.05, 3.63) is 41.9 Å². The maximum absolute atomic E-state index is 10.9. The minimum atomic E-state index is -1.07. The highest BCUT2D eigenvalue weighted by molar-refractivity contribution is 5.85. The molecular formula is C12H13N3O3. The van der Waals surface area contributed by atoms with Gasteiger partial charge < -0.3 is 9.84 Å². The van der Waals surface area contributed by atoms with E-state index in [9.17, 15) is 4.79 Å². The molecule has 18 heavy (non-hydrogen) atoms. The van der Waals surface area contributed by atoms with Gasteiger partial charge in [-0.25, -0.2) is 9.78 Å². The van der Waals surface area contributed by atoms with Crippen molar-refractivity contribution in [2.75, 3.05) is 6.61 Å². The lowest BCUT2D eigenvalue weighted by atomic mass is 10.2. The van der Waals surface area contributed by atoms with Crippen molar-refractivity contribution < 1.29 is 14.6 Å². The Morgan fingerprint density at radius 3 is 2.94 bits per heavy atom. The highest BCUT2D eigenvalue weighted by Crippen LogP contribution is 2.17. The van der Waals surface area contributed by atoms with E-state index in [-0.39, 0.29) is 5.69 Å². The number of carboxylic acid groups (broad SMARTS) is 1. The van der Waals surface area contributed by atoms with E-state index in [4.69, 9.17) is 9.84 Å². The lowest BCUT2D eigenvalue weighted by Gasteiger charge is -2.09. The van der Waals surface area contributed by atoms with Crippen LogP contribution in [-0.4, -0.2) is 32.4 Å². The van der Waals surface area contributed by atoms with Crippen LogP contribution in [0.5, 0.6) is 5.88 Å². The van der Waals surface area contributed by atoms with Crippen molar-refractivity contribution in [3.8, 4) is 5.88 Å². The number of nitrogens with zero attached hydrogens (tertiary/aromatic N) is 3. The average Bonchev–Trinajstić information content (AvgIpc) is 2.84. The Bertz CT molecular complexity index is 538. The van der Waals surface area contributed by atoms with Gasteiger partial charge in [0.15, 0.2) is 5.69 Å². The molecule has 0 aliphatic carbocycles. The molecule has 0 unspecified atom stereocenters. The summed E-state index contributed by atoms with van der Waals surface area (Å²) in [5.41, 5.74) is 0.771. The largest absolute Gasteiger partial charge is 0.478 e. The molecule has 0 saturated carbocycles. The summed E-state index contributed by atoms with van der Waals surface area (Å²) in [5, 5.41) is 13.0. The molecule has 2 rings (SSSR count). The van der Waals surface area contributed by atoms with Crippen LogP contribution in [0.2, 0.25) is 0 Å². The van der Waals surface area contributed by atoms with E-state index in [1.54, 1.807) is 16.9 Å². The normalized spacial score (nSPS) is 10.3. The van der Waals surface area contributed by atoms with Gasteiger partial charge in [-0.2, -0.15) is 5.10 Å². The van der Waals surface area contributed by atoms with Crippen molar-refractivity contribution in [1.82, 2.24) is 14.8 Å². The Morgan fingerprint density at radius 2 is 2.33 bits per heavy atom. The summed E-state index contributed by atoms with van der Waals surface area (Å²) in [5.74, 6) is -0.727. The van der Waals surface area contributed by atoms with E-state index < -0.39 is 5.97 Å². The third-order valence-electron chi connectivity index (χ3n) is 2.33. The maximum Gasteiger partial charge on any atom is 0.354 e. The van der Waals surface area contributed by atoms with E-state index in [0.29, 0.717) is 19.0 Å². The molecule has 0 aliphatic rings. The SMILES string of the molecule is CCOc1nc(C(=O)O)ccc1Cn1cccn1. The molecule has 0 fully saturated rings. The fourth-order valence-corrected chi connectivity index (χ4v) is 1.54. The Kier molecular flexibility index (Phi) is 3.57. The number of carbonyl (C=O) groups is 1. The van der Waals surface area contributed by atoms with Gasteiger partial charge in [-0.05, 0) is 25.1 Å². The monoisotopic (exact) mass is 247 g/mol. The van der Waals surface area contributed by atoms with Gasteiger partial charge in [-0.1, -0.05) is 0 Å². The first-order chi connectivity index (χ1) is 8.70. The molecule has 1 N–H and O–H groups in total. The third kappa shape index (κ3) is 2.65. The molecule has 0 atom stereocenters. The van der Waals surface area contributed by atoms with Gasteiger partial charge in [-0.3, -0.25) is 4.68 Å². The second-order valence-corrected chi connectivity index (χ2v) is 3.60. The minimum Gasteiger partial charge on any atom is -0.478 e. The van der Waals surface area contributed by atoms with Gasteiger partial charge in [0.1, 0.15) is 0 Å². The lowest BCUT2D eigenvalue weighted by molar-refractivity contribution is 0.0689. The van der Waals surface area contributed by atoms with Crippen LogP contribution in [0.4, 0.5) is 0 Å². The molecule has 0 aromatic carbocycles. The molecule has 0 aliphatic heterocycles. The summed E-state index contributed by atoms with van der Waals surface area (Å²) >= 11 is 0. The van der Waals surface area contributed by atoms with E-state index in [2.05, 4.69) is 10.1 Å². The maximum atomic E-state index is 10.9. The van der Waals surface area contributed by atoms with Crippen molar-refractivity contribution >= 4 is 5.97 Å². The van der Waals surface area contributed by atoms with Crippen LogP contribution in [0.25, 0.3) is 0 Å². The predicted octanol–water partition coefficient (Wildman–Crippen LogP) is 1.42. The van der Waals surface area contributed by atoms with Gasteiger partial charge in [0.25, 0.3) is 0 Å². The van der Waals surface area contributed by atoms with Crippen LogP contribution >= 0.6 is 0 Å². The standard InChI is InChI=1S/C12H13N3O3/c1-2-18-11-9(8-15-7-3-6-13-15)4-5-10(14-11)12(16)17/h3-7H,2,8H2,1H3,(H,16,17). The molecule has 0 spiro atoms. The lowest BCUT2D eigenvalue weighted by Crippen LogP contribution is -2.08. The number of rotatable bonds is 5. The van der Waals surface area contributed by atoms with Crippen molar-refractivity contribution in [1.29, 1.82) is 0 Å². The summed E-state index contributed by atoms with van der Waals surface area (Å²) < 4.78 is 7.08. The summed E-state index contributed by atoms with van der Waals surface area (Å²) in [6, 6.07) is 4.98. The number of aromatic nitrogens is 3. The fraction of sp³-hybridized carbons (Fsp3) is 0.250. The Labute approximate surface area is 104 Å². The van der Waals surface area contributed by atoms with Gasteiger partial charge in [0, 0.05) is 18.0 Å². The number of aromatic carboxylic acids is 1. The van der Waals surface area contributed by atoms with Crippen LogP contribution in [-0.2, 0) is 6.54 Å². The number of hydrogen-bond donors (Lipinski definition) is 1. The Morgan fingerprint density at radius 1 is 1.50 bits per heavy atom. The smallest absolute Gasteiger partial charge is 0.354 e. The molecule has 0 radical (unpaired) electrons. The third-order valence-corrected chi connectivity index (χ3v) is 2.33. The van der Waals surface area contributed by atoms with Crippen LogP contribution < -0.4 is 4.74 Å². The van der Waals surface area contributed by atoms with Gasteiger partial charge in [0.2, 0.25) is 5.88 Å². The van der Waals surface area contributed by atoms with Crippen LogP contribution in [0.15, 0.2) is 30.6 Å². The summed E-state index contributed by atoms with van der Waals surface area (Å²) in [7, 11) is 0. The average molecular weight is 247 g/mol. The minimum absolute atomic E-state index is 0.0253. The molecule has 6 heteroatoms. The zero-order valence-corrected chi connectivity index (χ0v) is 9.91. The number of pyridine rings is 1. The number of carboxylic acids is 1. The van der Waals surface area contributed by atoms with E-state index in [1.165, 1.54) is 6.07 Å². The molecular weight excluding hydrogens is 234 g/mol. The van der Waals surface area contributed by atoms with E-state index in [1.807, 2.05) is 19.2 Å². The van der Waals surface area contributed by atoms with Gasteiger partial charge in [0.05, 0.1) is 13.2 Å². The highest BCUT2D eigenvalue weighted by atomic mass is 16.5. The summed E-state index contributed by atoms with van der Waals surface area (Å²) in [4.78, 5) is 14.8. The zero-order chi connectivity index (χ0) is 13.0. The van der Waals surface area contributed by atoms with E-state index in [0.717, 1.165) is 5.56 Å². The molecule has 2 aromatic heterocycles. The van der Waals surface area contributed by atoms with E-state index >= 15 is 0 Å². The summed E-state index contributed by atoms with van der Waals surface area (Å²) in [6.07, 6.45) is 3.50. The number of hydrogen-bond acceptors (Lipinski definition) is 4. The first-order valence-corrected chi connectivity index (χ1v) is 5.54. The predicted molar refractivity (Wildman–Crippen MR) is 63.7 cm³/mol. The molecule has 6 nitrogen and oxygen atoms in total. The molecule has 0 amide bonds. The van der Waals surface area contributed by atoms with Gasteiger partial charge in [-0.15, -0.1) is 0 Å². The van der Waals surface area contributed by atoms with Crippen LogP contribution in [0.1, 0.15) is 23.0 Å². The van der Waals surface area contributed by atoms with Crippen LogP contribution in [0, 0.1) is 0 Å². The first kappa shape index (κ1) is 12.1. The van der Waals surface area contributed by atoms with Crippen molar-refractivity contribution in [2.24, 2.45) is 0 Å². The Balaban J connectivity index is 2.31. The summed E-state index contributed by atoms with van der Waals surface area (Å²) in [6.45, 7) is 2.75. The molecule has 0 saturated heterocycles.